The molecule has 0 saturated heterocycles. The lowest BCUT2D eigenvalue weighted by atomic mass is 10.1. The van der Waals surface area contributed by atoms with Gasteiger partial charge in [-0.25, -0.2) is 0 Å². The molecule has 2 aromatic rings. The molecule has 0 unspecified atom stereocenters. The summed E-state index contributed by atoms with van der Waals surface area (Å²) in [5.41, 5.74) is 8.35. The second kappa shape index (κ2) is 5.90. The summed E-state index contributed by atoms with van der Waals surface area (Å²) in [6.07, 6.45) is 2.17. The third-order valence-corrected chi connectivity index (χ3v) is 4.12. The Bertz CT molecular complexity index is 667. The van der Waals surface area contributed by atoms with E-state index in [1.165, 1.54) is 0 Å². The van der Waals surface area contributed by atoms with E-state index in [1.807, 2.05) is 53.4 Å². The van der Waals surface area contributed by atoms with Crippen LogP contribution in [0.2, 0.25) is 0 Å². The fourth-order valence-corrected chi connectivity index (χ4v) is 2.83. The van der Waals surface area contributed by atoms with Crippen LogP contribution in [0.15, 0.2) is 53.0 Å². The Labute approximate surface area is 132 Å². The average molecular weight is 345 g/mol. The van der Waals surface area contributed by atoms with Crippen molar-refractivity contribution in [1.82, 2.24) is 4.90 Å². The maximum Gasteiger partial charge on any atom is 0.254 e. The molecule has 0 radical (unpaired) electrons. The van der Waals surface area contributed by atoms with Gasteiger partial charge >= 0.3 is 0 Å². The third kappa shape index (κ3) is 3.45. The molecule has 0 aromatic heterocycles. The van der Waals surface area contributed by atoms with E-state index < -0.39 is 0 Å². The molecule has 108 valence electrons. The van der Waals surface area contributed by atoms with Crippen LogP contribution in [0.5, 0.6) is 0 Å². The molecule has 2 N–H and O–H groups in total. The molecule has 1 fully saturated rings. The summed E-state index contributed by atoms with van der Waals surface area (Å²) in [7, 11) is 0. The Morgan fingerprint density at radius 3 is 2.62 bits per heavy atom. The molecule has 0 heterocycles. The first-order valence-corrected chi connectivity index (χ1v) is 7.84. The van der Waals surface area contributed by atoms with Gasteiger partial charge in [0, 0.05) is 28.3 Å². The van der Waals surface area contributed by atoms with Gasteiger partial charge < -0.3 is 10.6 Å². The van der Waals surface area contributed by atoms with Crippen molar-refractivity contribution in [3.8, 4) is 0 Å². The predicted octanol–water partition coefficient (Wildman–Crippen LogP) is 3.84. The number of amides is 1. The van der Waals surface area contributed by atoms with Crippen LogP contribution >= 0.6 is 15.9 Å². The highest BCUT2D eigenvalue weighted by molar-refractivity contribution is 9.10. The van der Waals surface area contributed by atoms with Crippen LogP contribution in [0, 0.1) is 0 Å². The van der Waals surface area contributed by atoms with Gasteiger partial charge in [0.1, 0.15) is 0 Å². The summed E-state index contributed by atoms with van der Waals surface area (Å²) in [5.74, 6) is 0.0845. The van der Waals surface area contributed by atoms with Crippen LogP contribution in [0.1, 0.15) is 28.8 Å². The number of anilines is 1. The summed E-state index contributed by atoms with van der Waals surface area (Å²) in [4.78, 5) is 14.7. The highest BCUT2D eigenvalue weighted by Crippen LogP contribution is 2.30. The van der Waals surface area contributed by atoms with E-state index in [0.29, 0.717) is 12.6 Å². The van der Waals surface area contributed by atoms with E-state index in [2.05, 4.69) is 15.9 Å². The summed E-state index contributed by atoms with van der Waals surface area (Å²) in [6.45, 7) is 0.612. The Kier molecular flexibility index (Phi) is 3.97. The van der Waals surface area contributed by atoms with Gasteiger partial charge in [0.2, 0.25) is 0 Å². The molecular weight excluding hydrogens is 328 g/mol. The first-order chi connectivity index (χ1) is 10.1. The van der Waals surface area contributed by atoms with E-state index in [0.717, 1.165) is 34.1 Å². The Morgan fingerprint density at radius 2 is 1.95 bits per heavy atom. The number of carbonyl (C=O) groups excluding carboxylic acids is 1. The number of hydrogen-bond donors (Lipinski definition) is 1. The van der Waals surface area contributed by atoms with Crippen LogP contribution < -0.4 is 5.73 Å². The molecule has 2 aromatic carbocycles. The van der Waals surface area contributed by atoms with Gasteiger partial charge in [-0.1, -0.05) is 34.1 Å². The second-order valence-corrected chi connectivity index (χ2v) is 6.34. The zero-order chi connectivity index (χ0) is 14.8. The van der Waals surface area contributed by atoms with Crippen molar-refractivity contribution in [2.24, 2.45) is 0 Å². The number of halogens is 1. The molecule has 4 heteroatoms. The fourth-order valence-electron chi connectivity index (χ4n) is 2.43. The largest absolute Gasteiger partial charge is 0.399 e. The van der Waals surface area contributed by atoms with Gasteiger partial charge in [0.25, 0.3) is 5.91 Å². The minimum absolute atomic E-state index is 0.0845. The topological polar surface area (TPSA) is 46.3 Å². The van der Waals surface area contributed by atoms with E-state index in [4.69, 9.17) is 5.73 Å². The quantitative estimate of drug-likeness (QED) is 0.856. The van der Waals surface area contributed by atoms with E-state index in [9.17, 15) is 4.79 Å². The standard InChI is InChI=1S/C17H17BrN2O/c18-14-5-2-4-13(10-14)17(21)20(16-7-8-16)11-12-3-1-6-15(19)9-12/h1-6,9-10,16H,7-8,11,19H2. The maximum atomic E-state index is 12.7. The molecule has 3 rings (SSSR count). The number of benzene rings is 2. The SMILES string of the molecule is Nc1cccc(CN(C(=O)c2cccc(Br)c2)C2CC2)c1. The Morgan fingerprint density at radius 1 is 1.19 bits per heavy atom. The summed E-state index contributed by atoms with van der Waals surface area (Å²) < 4.78 is 0.924. The molecule has 0 atom stereocenters. The molecule has 1 aliphatic rings. The van der Waals surface area contributed by atoms with E-state index in [1.54, 1.807) is 0 Å². The predicted molar refractivity (Wildman–Crippen MR) is 87.9 cm³/mol. The molecule has 1 amide bonds. The van der Waals surface area contributed by atoms with Gasteiger partial charge in [0.05, 0.1) is 0 Å². The van der Waals surface area contributed by atoms with E-state index in [-0.39, 0.29) is 5.91 Å². The molecule has 1 saturated carbocycles. The first-order valence-electron chi connectivity index (χ1n) is 7.04. The lowest BCUT2D eigenvalue weighted by molar-refractivity contribution is 0.0730. The molecule has 1 aliphatic carbocycles. The summed E-state index contributed by atoms with van der Waals surface area (Å²) in [5, 5.41) is 0. The van der Waals surface area contributed by atoms with Gasteiger partial charge in [-0.2, -0.15) is 0 Å². The van der Waals surface area contributed by atoms with Crippen LogP contribution in [0.3, 0.4) is 0 Å². The molecular formula is C17H17BrN2O. The molecule has 3 nitrogen and oxygen atoms in total. The van der Waals surface area contributed by atoms with Crippen molar-refractivity contribution in [3.05, 3.63) is 64.1 Å². The van der Waals surface area contributed by atoms with Crippen LogP contribution in [0.25, 0.3) is 0 Å². The molecule has 0 aliphatic heterocycles. The molecule has 21 heavy (non-hydrogen) atoms. The highest BCUT2D eigenvalue weighted by atomic mass is 79.9. The minimum atomic E-state index is 0.0845. The van der Waals surface area contributed by atoms with Crippen molar-refractivity contribution >= 4 is 27.5 Å². The van der Waals surface area contributed by atoms with Gasteiger partial charge in [-0.05, 0) is 48.7 Å². The zero-order valence-corrected chi connectivity index (χ0v) is 13.2. The zero-order valence-electron chi connectivity index (χ0n) is 11.6. The van der Waals surface area contributed by atoms with Crippen molar-refractivity contribution in [1.29, 1.82) is 0 Å². The average Bonchev–Trinajstić information content (AvgIpc) is 3.29. The van der Waals surface area contributed by atoms with Crippen LogP contribution in [0.4, 0.5) is 5.69 Å². The van der Waals surface area contributed by atoms with Crippen molar-refractivity contribution in [3.63, 3.8) is 0 Å². The number of nitrogen functional groups attached to an aromatic ring is 1. The van der Waals surface area contributed by atoms with Crippen LogP contribution in [-0.2, 0) is 6.54 Å². The smallest absolute Gasteiger partial charge is 0.254 e. The Hall–Kier alpha value is -1.81. The van der Waals surface area contributed by atoms with Gasteiger partial charge in [-0.3, -0.25) is 4.79 Å². The molecule has 0 bridgehead atoms. The monoisotopic (exact) mass is 344 g/mol. The minimum Gasteiger partial charge on any atom is -0.399 e. The lowest BCUT2D eigenvalue weighted by Crippen LogP contribution is -2.32. The van der Waals surface area contributed by atoms with Gasteiger partial charge in [-0.15, -0.1) is 0 Å². The van der Waals surface area contributed by atoms with Crippen molar-refractivity contribution in [2.45, 2.75) is 25.4 Å². The molecule has 0 spiro atoms. The number of nitrogens with zero attached hydrogens (tertiary/aromatic N) is 1. The first kappa shape index (κ1) is 14.1. The Balaban J connectivity index is 1.83. The normalized spacial score (nSPS) is 14.0. The number of rotatable bonds is 4. The summed E-state index contributed by atoms with van der Waals surface area (Å²) in [6, 6.07) is 15.7. The number of hydrogen-bond acceptors (Lipinski definition) is 2. The van der Waals surface area contributed by atoms with Crippen molar-refractivity contribution < 1.29 is 4.79 Å². The second-order valence-electron chi connectivity index (χ2n) is 5.42. The number of nitrogens with two attached hydrogens (primary N) is 1. The summed E-state index contributed by atoms with van der Waals surface area (Å²) >= 11 is 3.42. The fraction of sp³-hybridized carbons (Fsp3) is 0.235. The van der Waals surface area contributed by atoms with Gasteiger partial charge in [0.15, 0.2) is 0 Å². The van der Waals surface area contributed by atoms with E-state index >= 15 is 0 Å². The van der Waals surface area contributed by atoms with Crippen LogP contribution in [-0.4, -0.2) is 16.8 Å². The number of carbonyl (C=O) groups is 1. The maximum absolute atomic E-state index is 12.7. The lowest BCUT2D eigenvalue weighted by Gasteiger charge is -2.23. The van der Waals surface area contributed by atoms with Crippen molar-refractivity contribution in [2.75, 3.05) is 5.73 Å². The highest BCUT2D eigenvalue weighted by Gasteiger charge is 2.33. The third-order valence-electron chi connectivity index (χ3n) is 3.62.